The van der Waals surface area contributed by atoms with Crippen LogP contribution in [0.25, 0.3) is 11.0 Å². The van der Waals surface area contributed by atoms with Gasteiger partial charge in [0.15, 0.2) is 6.61 Å². The summed E-state index contributed by atoms with van der Waals surface area (Å²) in [6, 6.07) is 15.3. The highest BCUT2D eigenvalue weighted by molar-refractivity contribution is 5.87. The maximum Gasteiger partial charge on any atom is 0.310 e. The van der Waals surface area contributed by atoms with E-state index in [1.165, 1.54) is 6.26 Å². The number of rotatable bonds is 8. The number of ether oxygens (including phenoxy) is 2. The van der Waals surface area contributed by atoms with E-state index < -0.39 is 5.97 Å². The lowest BCUT2D eigenvalue weighted by Crippen LogP contribution is -2.31. The molecule has 146 valence electrons. The van der Waals surface area contributed by atoms with Crippen molar-refractivity contribution in [3.8, 4) is 5.75 Å². The van der Waals surface area contributed by atoms with E-state index in [4.69, 9.17) is 13.9 Å². The Labute approximate surface area is 163 Å². The molecule has 6 nitrogen and oxygen atoms in total. The van der Waals surface area contributed by atoms with Crippen LogP contribution in [0.4, 0.5) is 0 Å². The number of hydrogen-bond acceptors (Lipinski definition) is 5. The summed E-state index contributed by atoms with van der Waals surface area (Å²) in [5, 5.41) is 3.61. The predicted octanol–water partition coefficient (Wildman–Crippen LogP) is 3.45. The Balaban J connectivity index is 1.46. The fraction of sp³-hybridized carbons (Fsp3) is 0.273. The topological polar surface area (TPSA) is 77.8 Å². The zero-order valence-electron chi connectivity index (χ0n) is 15.9. The van der Waals surface area contributed by atoms with E-state index in [9.17, 15) is 9.59 Å². The van der Waals surface area contributed by atoms with Gasteiger partial charge in [0.2, 0.25) is 0 Å². The molecule has 0 fully saturated rings. The first kappa shape index (κ1) is 19.5. The van der Waals surface area contributed by atoms with E-state index in [1.54, 1.807) is 19.2 Å². The van der Waals surface area contributed by atoms with Crippen molar-refractivity contribution in [3.63, 3.8) is 0 Å². The van der Waals surface area contributed by atoms with Gasteiger partial charge in [-0.3, -0.25) is 9.59 Å². The standard InChI is InChI=1S/C22H23NO5/c1-15(16-6-4-3-5-7-16)12-23-21(24)14-28-22(25)10-17-13-27-20-11-18(26-2)8-9-19(17)20/h3-9,11,13,15H,10,12,14H2,1-2H3,(H,23,24)/t15-/m0/s1. The average molecular weight is 381 g/mol. The van der Waals surface area contributed by atoms with Crippen LogP contribution in [-0.2, 0) is 20.7 Å². The molecule has 2 aromatic carbocycles. The zero-order chi connectivity index (χ0) is 19.9. The van der Waals surface area contributed by atoms with Crippen LogP contribution >= 0.6 is 0 Å². The summed E-state index contributed by atoms with van der Waals surface area (Å²) >= 11 is 0. The Bertz CT molecular complexity index is 948. The molecule has 0 saturated heterocycles. The van der Waals surface area contributed by atoms with Gasteiger partial charge in [0.25, 0.3) is 5.91 Å². The molecule has 1 N–H and O–H groups in total. The largest absolute Gasteiger partial charge is 0.497 e. The minimum Gasteiger partial charge on any atom is -0.497 e. The number of esters is 1. The third-order valence-corrected chi connectivity index (χ3v) is 4.54. The number of fused-ring (bicyclic) bond motifs is 1. The molecule has 0 spiro atoms. The highest BCUT2D eigenvalue weighted by atomic mass is 16.5. The SMILES string of the molecule is COc1ccc2c(CC(=O)OCC(=O)NC[C@H](C)c3ccccc3)coc2c1. The van der Waals surface area contributed by atoms with Crippen LogP contribution in [0.5, 0.6) is 5.75 Å². The second-order valence-corrected chi connectivity index (χ2v) is 6.58. The van der Waals surface area contributed by atoms with E-state index in [2.05, 4.69) is 5.32 Å². The molecule has 1 aromatic heterocycles. The molecule has 0 aliphatic carbocycles. The van der Waals surface area contributed by atoms with Gasteiger partial charge < -0.3 is 19.2 Å². The quantitative estimate of drug-likeness (QED) is 0.605. The summed E-state index contributed by atoms with van der Waals surface area (Å²) in [6.45, 7) is 2.21. The van der Waals surface area contributed by atoms with Gasteiger partial charge in [-0.1, -0.05) is 37.3 Å². The van der Waals surface area contributed by atoms with Gasteiger partial charge in [0.1, 0.15) is 11.3 Å². The van der Waals surface area contributed by atoms with Crippen molar-refractivity contribution in [1.82, 2.24) is 5.32 Å². The van der Waals surface area contributed by atoms with Gasteiger partial charge in [-0.25, -0.2) is 0 Å². The van der Waals surface area contributed by atoms with Crippen LogP contribution in [0.2, 0.25) is 0 Å². The van der Waals surface area contributed by atoms with Gasteiger partial charge in [0, 0.05) is 23.6 Å². The van der Waals surface area contributed by atoms with Gasteiger partial charge >= 0.3 is 5.97 Å². The molecule has 6 heteroatoms. The summed E-state index contributed by atoms with van der Waals surface area (Å²) < 4.78 is 15.7. The highest BCUT2D eigenvalue weighted by Crippen LogP contribution is 2.26. The molecule has 3 rings (SSSR count). The van der Waals surface area contributed by atoms with Crippen LogP contribution in [0, 0.1) is 0 Å². The molecule has 0 bridgehead atoms. The summed E-state index contributed by atoms with van der Waals surface area (Å²) in [6.07, 6.45) is 1.56. The van der Waals surface area contributed by atoms with E-state index in [-0.39, 0.29) is 24.9 Å². The van der Waals surface area contributed by atoms with Crippen LogP contribution in [0.1, 0.15) is 24.0 Å². The van der Waals surface area contributed by atoms with Gasteiger partial charge in [-0.15, -0.1) is 0 Å². The van der Waals surface area contributed by atoms with Gasteiger partial charge in [0.05, 0.1) is 19.8 Å². The maximum absolute atomic E-state index is 12.1. The first-order chi connectivity index (χ1) is 13.6. The minimum atomic E-state index is -0.482. The maximum atomic E-state index is 12.1. The second-order valence-electron chi connectivity index (χ2n) is 6.58. The second kappa shape index (κ2) is 9.08. The van der Waals surface area contributed by atoms with Crippen LogP contribution in [0.15, 0.2) is 59.2 Å². The number of benzene rings is 2. The van der Waals surface area contributed by atoms with Crippen molar-refractivity contribution >= 4 is 22.8 Å². The molecular weight excluding hydrogens is 358 g/mol. The smallest absolute Gasteiger partial charge is 0.310 e. The van der Waals surface area contributed by atoms with Crippen molar-refractivity contribution in [1.29, 1.82) is 0 Å². The number of carbonyl (C=O) groups is 2. The van der Waals surface area contributed by atoms with E-state index >= 15 is 0 Å². The molecule has 28 heavy (non-hydrogen) atoms. The molecule has 1 amide bonds. The van der Waals surface area contributed by atoms with Crippen LogP contribution < -0.4 is 10.1 Å². The molecule has 0 radical (unpaired) electrons. The predicted molar refractivity (Wildman–Crippen MR) is 105 cm³/mol. The summed E-state index contributed by atoms with van der Waals surface area (Å²) in [5.74, 6) is 0.0511. The number of methoxy groups -OCH3 is 1. The lowest BCUT2D eigenvalue weighted by atomic mass is 10.0. The van der Waals surface area contributed by atoms with Crippen molar-refractivity contribution in [2.75, 3.05) is 20.3 Å². The Morgan fingerprint density at radius 2 is 1.93 bits per heavy atom. The number of nitrogens with one attached hydrogen (secondary N) is 1. The number of furan rings is 1. The van der Waals surface area contributed by atoms with E-state index in [0.717, 1.165) is 10.9 Å². The van der Waals surface area contributed by atoms with E-state index in [1.807, 2.05) is 43.3 Å². The summed E-state index contributed by atoms with van der Waals surface area (Å²) in [5.41, 5.74) is 2.49. The molecule has 0 aliphatic heterocycles. The lowest BCUT2D eigenvalue weighted by molar-refractivity contribution is -0.147. The summed E-state index contributed by atoms with van der Waals surface area (Å²) in [4.78, 5) is 24.0. The fourth-order valence-electron chi connectivity index (χ4n) is 2.90. The van der Waals surface area contributed by atoms with Crippen LogP contribution in [-0.4, -0.2) is 32.1 Å². The van der Waals surface area contributed by atoms with Crippen molar-refractivity contribution in [2.45, 2.75) is 19.3 Å². The Morgan fingerprint density at radius 1 is 1.14 bits per heavy atom. The Hall–Kier alpha value is -3.28. The number of hydrogen-bond donors (Lipinski definition) is 1. The highest BCUT2D eigenvalue weighted by Gasteiger charge is 2.14. The lowest BCUT2D eigenvalue weighted by Gasteiger charge is -2.13. The summed E-state index contributed by atoms with van der Waals surface area (Å²) in [7, 11) is 1.58. The fourth-order valence-corrected chi connectivity index (χ4v) is 2.90. The molecular formula is C22H23NO5. The van der Waals surface area contributed by atoms with Gasteiger partial charge in [-0.2, -0.15) is 0 Å². The van der Waals surface area contributed by atoms with Crippen LogP contribution in [0.3, 0.4) is 0 Å². The molecule has 1 atom stereocenters. The van der Waals surface area contributed by atoms with E-state index in [0.29, 0.717) is 23.4 Å². The van der Waals surface area contributed by atoms with Crippen molar-refractivity contribution < 1.29 is 23.5 Å². The minimum absolute atomic E-state index is 0.0347. The van der Waals surface area contributed by atoms with Crippen molar-refractivity contribution in [2.24, 2.45) is 0 Å². The first-order valence-corrected chi connectivity index (χ1v) is 9.08. The Morgan fingerprint density at radius 3 is 2.68 bits per heavy atom. The molecule has 0 aliphatic rings. The molecule has 0 unspecified atom stereocenters. The molecule has 3 aromatic rings. The number of carbonyl (C=O) groups excluding carboxylic acids is 2. The number of amides is 1. The normalized spacial score (nSPS) is 11.8. The van der Waals surface area contributed by atoms with Crippen molar-refractivity contribution in [3.05, 3.63) is 65.9 Å². The zero-order valence-corrected chi connectivity index (χ0v) is 15.9. The average Bonchev–Trinajstić information content (AvgIpc) is 3.12. The molecule has 0 saturated carbocycles. The molecule has 1 heterocycles. The third-order valence-electron chi connectivity index (χ3n) is 4.54. The monoisotopic (exact) mass is 381 g/mol. The van der Waals surface area contributed by atoms with Gasteiger partial charge in [-0.05, 0) is 23.6 Å². The Kier molecular flexibility index (Phi) is 6.32. The first-order valence-electron chi connectivity index (χ1n) is 9.08. The third kappa shape index (κ3) is 4.91.